The first-order valence-corrected chi connectivity index (χ1v) is 11.0. The molecule has 2 aromatic rings. The Morgan fingerprint density at radius 2 is 1.68 bits per heavy atom. The first-order chi connectivity index (χ1) is 15.1. The van der Waals surface area contributed by atoms with Crippen molar-refractivity contribution >= 4 is 17.5 Å². The van der Waals surface area contributed by atoms with Gasteiger partial charge < -0.3 is 14.8 Å². The van der Waals surface area contributed by atoms with Crippen LogP contribution < -0.4 is 25.6 Å². The molecule has 0 aliphatic carbocycles. The molecule has 0 radical (unpaired) electrons. The van der Waals surface area contributed by atoms with Gasteiger partial charge in [-0.1, -0.05) is 23.7 Å². The second-order valence-corrected chi connectivity index (χ2v) is 8.47. The molecular weight excluding hydrogens is 416 g/mol. The molecule has 0 spiro atoms. The molecule has 31 heavy (non-hydrogen) atoms. The molecule has 2 aliphatic rings. The van der Waals surface area contributed by atoms with Crippen molar-refractivity contribution in [2.45, 2.75) is 37.5 Å². The van der Waals surface area contributed by atoms with E-state index in [1.54, 1.807) is 32.4 Å². The highest BCUT2D eigenvalue weighted by Crippen LogP contribution is 2.27. The van der Waals surface area contributed by atoms with Gasteiger partial charge in [-0.15, -0.1) is 0 Å². The van der Waals surface area contributed by atoms with Crippen LogP contribution in [0.3, 0.4) is 0 Å². The Balaban J connectivity index is 1.28. The largest absolute Gasteiger partial charge is 0.497 e. The number of carbonyl (C=O) groups excluding carboxylic acids is 1. The highest BCUT2D eigenvalue weighted by molar-refractivity contribution is 6.30. The summed E-state index contributed by atoms with van der Waals surface area (Å²) in [5.74, 6) is 1.11. The van der Waals surface area contributed by atoms with E-state index in [9.17, 15) is 4.79 Å². The molecule has 166 valence electrons. The molecule has 2 aromatic carbocycles. The minimum Gasteiger partial charge on any atom is -0.497 e. The van der Waals surface area contributed by atoms with E-state index >= 15 is 0 Å². The van der Waals surface area contributed by atoms with E-state index in [-0.39, 0.29) is 24.2 Å². The third-order valence-corrected chi connectivity index (χ3v) is 6.33. The second kappa shape index (κ2) is 9.87. The lowest BCUT2D eigenvalue weighted by molar-refractivity contribution is 0.0879. The summed E-state index contributed by atoms with van der Waals surface area (Å²) < 4.78 is 10.5. The number of rotatable bonds is 6. The van der Waals surface area contributed by atoms with Crippen molar-refractivity contribution in [3.63, 3.8) is 0 Å². The maximum Gasteiger partial charge on any atom is 0.251 e. The predicted octanol–water partition coefficient (Wildman–Crippen LogP) is 3.12. The van der Waals surface area contributed by atoms with Crippen LogP contribution in [0.1, 0.15) is 41.2 Å². The standard InChI is InChI=1S/C23H29ClN4O3/c1-30-19-11-16(12-20(13-19)31-2)23(29)25-18-7-9-28(10-8-18)22-14-21(26-27-22)15-3-5-17(24)6-4-15/h3-6,11-13,18,21-22,26-27H,7-10,14H2,1-2H3,(H,25,29). The van der Waals surface area contributed by atoms with Crippen molar-refractivity contribution in [1.29, 1.82) is 0 Å². The van der Waals surface area contributed by atoms with E-state index in [1.165, 1.54) is 5.56 Å². The van der Waals surface area contributed by atoms with Crippen molar-refractivity contribution in [3.8, 4) is 11.5 Å². The zero-order valence-corrected chi connectivity index (χ0v) is 18.6. The summed E-state index contributed by atoms with van der Waals surface area (Å²) in [5, 5.41) is 3.92. The summed E-state index contributed by atoms with van der Waals surface area (Å²) in [6.07, 6.45) is 3.09. The third kappa shape index (κ3) is 5.30. The number of nitrogens with zero attached hydrogens (tertiary/aromatic N) is 1. The van der Waals surface area contributed by atoms with Crippen molar-refractivity contribution in [2.75, 3.05) is 27.3 Å². The molecule has 4 rings (SSSR count). The van der Waals surface area contributed by atoms with Crippen LogP contribution in [0.15, 0.2) is 42.5 Å². The topological polar surface area (TPSA) is 74.9 Å². The zero-order chi connectivity index (χ0) is 21.8. The van der Waals surface area contributed by atoms with E-state index < -0.39 is 0 Å². The first-order valence-electron chi connectivity index (χ1n) is 10.6. The fraction of sp³-hybridized carbons (Fsp3) is 0.435. The van der Waals surface area contributed by atoms with E-state index in [4.69, 9.17) is 21.1 Å². The molecule has 3 N–H and O–H groups in total. The number of hydrogen-bond donors (Lipinski definition) is 3. The van der Waals surface area contributed by atoms with Gasteiger partial charge in [0.2, 0.25) is 0 Å². The van der Waals surface area contributed by atoms with Gasteiger partial charge in [-0.2, -0.15) is 0 Å². The van der Waals surface area contributed by atoms with Crippen LogP contribution >= 0.6 is 11.6 Å². The number of carbonyl (C=O) groups is 1. The Bertz CT molecular complexity index is 878. The van der Waals surface area contributed by atoms with Crippen molar-refractivity contribution < 1.29 is 14.3 Å². The highest BCUT2D eigenvalue weighted by atomic mass is 35.5. The lowest BCUT2D eigenvalue weighted by Gasteiger charge is -2.35. The molecule has 8 heteroatoms. The summed E-state index contributed by atoms with van der Waals surface area (Å²) >= 11 is 6.00. The Hall–Kier alpha value is -2.32. The first kappa shape index (κ1) is 21.9. The molecule has 2 unspecified atom stereocenters. The number of hydrazine groups is 1. The van der Waals surface area contributed by atoms with Gasteiger partial charge in [0.25, 0.3) is 5.91 Å². The lowest BCUT2D eigenvalue weighted by atomic mass is 10.0. The van der Waals surface area contributed by atoms with Gasteiger partial charge in [0.15, 0.2) is 0 Å². The van der Waals surface area contributed by atoms with E-state index in [2.05, 4.69) is 33.2 Å². The molecule has 7 nitrogen and oxygen atoms in total. The Labute approximate surface area is 188 Å². The van der Waals surface area contributed by atoms with Crippen LogP contribution in [-0.2, 0) is 0 Å². The van der Waals surface area contributed by atoms with Crippen LogP contribution in [0.4, 0.5) is 0 Å². The average Bonchev–Trinajstić information content (AvgIpc) is 3.30. The minimum absolute atomic E-state index is 0.0980. The number of piperidine rings is 1. The Kier molecular flexibility index (Phi) is 6.97. The van der Waals surface area contributed by atoms with Gasteiger partial charge >= 0.3 is 0 Å². The van der Waals surface area contributed by atoms with Crippen LogP contribution in [0.2, 0.25) is 5.02 Å². The molecule has 0 bridgehead atoms. The molecule has 0 aromatic heterocycles. The molecule has 2 heterocycles. The molecule has 0 saturated carbocycles. The third-order valence-electron chi connectivity index (χ3n) is 6.07. The SMILES string of the molecule is COc1cc(OC)cc(C(=O)NC2CCN(C3CC(c4ccc(Cl)cc4)NN3)CC2)c1. The number of hydrogen-bond acceptors (Lipinski definition) is 6. The number of ether oxygens (including phenoxy) is 2. The fourth-order valence-electron chi connectivity index (χ4n) is 4.26. The average molecular weight is 445 g/mol. The fourth-order valence-corrected chi connectivity index (χ4v) is 4.38. The summed E-state index contributed by atoms with van der Waals surface area (Å²) in [4.78, 5) is 15.2. The number of likely N-dealkylation sites (tertiary alicyclic amines) is 1. The second-order valence-electron chi connectivity index (χ2n) is 8.03. The molecule has 2 atom stereocenters. The maximum absolute atomic E-state index is 12.7. The van der Waals surface area contributed by atoms with Gasteiger partial charge in [0.05, 0.1) is 20.4 Å². The highest BCUT2D eigenvalue weighted by Gasteiger charge is 2.32. The van der Waals surface area contributed by atoms with Crippen molar-refractivity contribution in [3.05, 3.63) is 58.6 Å². The van der Waals surface area contributed by atoms with E-state index in [1.807, 2.05) is 12.1 Å². The quantitative estimate of drug-likeness (QED) is 0.635. The summed E-state index contributed by atoms with van der Waals surface area (Å²) in [6, 6.07) is 13.6. The number of amides is 1. The van der Waals surface area contributed by atoms with Gasteiger partial charge in [-0.25, -0.2) is 10.9 Å². The Morgan fingerprint density at radius 3 is 2.29 bits per heavy atom. The summed E-state index contributed by atoms with van der Waals surface area (Å²) in [7, 11) is 3.16. The van der Waals surface area contributed by atoms with Crippen LogP contribution in [-0.4, -0.2) is 50.3 Å². The number of nitrogens with one attached hydrogen (secondary N) is 3. The smallest absolute Gasteiger partial charge is 0.251 e. The van der Waals surface area contributed by atoms with Crippen LogP contribution in [0.25, 0.3) is 0 Å². The van der Waals surface area contributed by atoms with Crippen molar-refractivity contribution in [1.82, 2.24) is 21.1 Å². The number of halogens is 1. The van der Waals surface area contributed by atoms with Crippen LogP contribution in [0.5, 0.6) is 11.5 Å². The monoisotopic (exact) mass is 444 g/mol. The summed E-state index contributed by atoms with van der Waals surface area (Å²) in [6.45, 7) is 1.86. The van der Waals surface area contributed by atoms with Crippen molar-refractivity contribution in [2.24, 2.45) is 0 Å². The normalized spacial score (nSPS) is 22.3. The molecule has 2 fully saturated rings. The number of benzene rings is 2. The van der Waals surface area contributed by atoms with Crippen LogP contribution in [0, 0.1) is 0 Å². The van der Waals surface area contributed by atoms with Gasteiger partial charge in [0, 0.05) is 41.8 Å². The molecule has 2 aliphatic heterocycles. The van der Waals surface area contributed by atoms with E-state index in [0.29, 0.717) is 17.1 Å². The molecular formula is C23H29ClN4O3. The van der Waals surface area contributed by atoms with Gasteiger partial charge in [0.1, 0.15) is 11.5 Å². The lowest BCUT2D eigenvalue weighted by Crippen LogP contribution is -2.51. The summed E-state index contributed by atoms with van der Waals surface area (Å²) in [5.41, 5.74) is 8.60. The minimum atomic E-state index is -0.0980. The molecule has 2 saturated heterocycles. The van der Waals surface area contributed by atoms with Gasteiger partial charge in [-0.05, 0) is 49.1 Å². The van der Waals surface area contributed by atoms with E-state index in [0.717, 1.165) is 37.4 Å². The Morgan fingerprint density at radius 1 is 1.03 bits per heavy atom. The zero-order valence-electron chi connectivity index (χ0n) is 17.9. The number of methoxy groups -OCH3 is 2. The predicted molar refractivity (Wildman–Crippen MR) is 120 cm³/mol. The molecule has 1 amide bonds. The maximum atomic E-state index is 12.7. The van der Waals surface area contributed by atoms with Gasteiger partial charge in [-0.3, -0.25) is 9.69 Å².